The molecule has 0 aromatic rings. The van der Waals surface area contributed by atoms with E-state index in [-0.39, 0.29) is 12.3 Å². The van der Waals surface area contributed by atoms with E-state index in [9.17, 15) is 9.59 Å². The number of carbonyl (C=O) groups is 2. The van der Waals surface area contributed by atoms with Crippen molar-refractivity contribution < 1.29 is 14.7 Å². The third kappa shape index (κ3) is 8.67. The van der Waals surface area contributed by atoms with Gasteiger partial charge in [0.15, 0.2) is 0 Å². The summed E-state index contributed by atoms with van der Waals surface area (Å²) in [5, 5.41) is 15.0. The second-order valence-corrected chi connectivity index (χ2v) is 5.73. The average molecular weight is 299 g/mol. The van der Waals surface area contributed by atoms with E-state index in [0.29, 0.717) is 25.4 Å². The average Bonchev–Trinajstić information content (AvgIpc) is 2.71. The first-order valence-corrected chi connectivity index (χ1v) is 8.03. The molecule has 6 nitrogen and oxygen atoms in total. The predicted octanol–water partition coefficient (Wildman–Crippen LogP) is 0.679. The largest absolute Gasteiger partial charge is 0.481 e. The van der Waals surface area contributed by atoms with E-state index in [1.165, 1.54) is 0 Å². The van der Waals surface area contributed by atoms with Gasteiger partial charge >= 0.3 is 5.97 Å². The zero-order valence-corrected chi connectivity index (χ0v) is 13.1. The normalized spacial score (nSPS) is 18.0. The number of hydrogen-bond acceptors (Lipinski definition) is 4. The maximum Gasteiger partial charge on any atom is 0.303 e. The van der Waals surface area contributed by atoms with Crippen molar-refractivity contribution in [2.24, 2.45) is 5.92 Å². The van der Waals surface area contributed by atoms with Gasteiger partial charge in [-0.2, -0.15) is 0 Å². The molecule has 0 bridgehead atoms. The van der Waals surface area contributed by atoms with Crippen molar-refractivity contribution in [3.63, 3.8) is 0 Å². The van der Waals surface area contributed by atoms with Crippen molar-refractivity contribution in [1.82, 2.24) is 15.5 Å². The van der Waals surface area contributed by atoms with Crippen LogP contribution in [0, 0.1) is 5.92 Å². The molecule has 0 spiro atoms. The van der Waals surface area contributed by atoms with Gasteiger partial charge in [0.05, 0.1) is 6.54 Å². The van der Waals surface area contributed by atoms with E-state index in [0.717, 1.165) is 45.4 Å². The highest BCUT2D eigenvalue weighted by Crippen LogP contribution is 2.14. The van der Waals surface area contributed by atoms with Gasteiger partial charge in [-0.25, -0.2) is 0 Å². The minimum absolute atomic E-state index is 0.0741. The molecule has 1 fully saturated rings. The lowest BCUT2D eigenvalue weighted by Crippen LogP contribution is -2.39. The quantitative estimate of drug-likeness (QED) is 0.583. The maximum absolute atomic E-state index is 11.9. The number of carboxylic acid groups (broad SMARTS) is 1. The zero-order valence-electron chi connectivity index (χ0n) is 13.1. The van der Waals surface area contributed by atoms with Crippen molar-refractivity contribution >= 4 is 11.9 Å². The van der Waals surface area contributed by atoms with E-state index in [1.807, 2.05) is 0 Å². The molecular weight excluding hydrogens is 270 g/mol. The monoisotopic (exact) mass is 299 g/mol. The summed E-state index contributed by atoms with van der Waals surface area (Å²) in [6.07, 6.45) is 3.81. The van der Waals surface area contributed by atoms with Crippen LogP contribution in [0.2, 0.25) is 0 Å². The standard InChI is InChI=1S/C15H29N3O3/c1-2-13(4-5-15(20)21)6-8-17-14(19)12-18-10-3-7-16-9-11-18/h13,16H,2-12H2,1H3,(H,17,19)(H,20,21). The minimum Gasteiger partial charge on any atom is -0.481 e. The molecule has 0 aromatic heterocycles. The lowest BCUT2D eigenvalue weighted by Gasteiger charge is -2.19. The second-order valence-electron chi connectivity index (χ2n) is 5.73. The summed E-state index contributed by atoms with van der Waals surface area (Å²) >= 11 is 0. The summed E-state index contributed by atoms with van der Waals surface area (Å²) in [6.45, 7) is 7.04. The zero-order chi connectivity index (χ0) is 15.5. The Bertz CT molecular complexity index is 315. The van der Waals surface area contributed by atoms with Gasteiger partial charge in [0.2, 0.25) is 5.91 Å². The summed E-state index contributed by atoms with van der Waals surface area (Å²) in [7, 11) is 0. The molecule has 0 radical (unpaired) electrons. The number of hydrogen-bond donors (Lipinski definition) is 3. The van der Waals surface area contributed by atoms with Crippen LogP contribution in [-0.4, -0.2) is 61.2 Å². The molecule has 0 aliphatic carbocycles. The molecule has 3 N–H and O–H groups in total. The molecule has 0 aromatic carbocycles. The fourth-order valence-electron chi connectivity index (χ4n) is 2.61. The minimum atomic E-state index is -0.743. The van der Waals surface area contributed by atoms with Gasteiger partial charge in [0.1, 0.15) is 0 Å². The highest BCUT2D eigenvalue weighted by molar-refractivity contribution is 5.77. The van der Waals surface area contributed by atoms with Gasteiger partial charge in [-0.1, -0.05) is 13.3 Å². The lowest BCUT2D eigenvalue weighted by atomic mass is 9.97. The summed E-state index contributed by atoms with van der Waals surface area (Å²) in [5.41, 5.74) is 0. The summed E-state index contributed by atoms with van der Waals surface area (Å²) in [6, 6.07) is 0. The molecule has 1 rings (SSSR count). The summed E-state index contributed by atoms with van der Waals surface area (Å²) < 4.78 is 0. The Hall–Kier alpha value is -1.14. The number of aliphatic carboxylic acids is 1. The van der Waals surface area contributed by atoms with Crippen LogP contribution in [0.5, 0.6) is 0 Å². The van der Waals surface area contributed by atoms with Crippen LogP contribution in [0.4, 0.5) is 0 Å². The van der Waals surface area contributed by atoms with Crippen LogP contribution in [0.25, 0.3) is 0 Å². The Morgan fingerprint density at radius 2 is 2.10 bits per heavy atom. The topological polar surface area (TPSA) is 81.7 Å². The van der Waals surface area contributed by atoms with Crippen LogP contribution < -0.4 is 10.6 Å². The Morgan fingerprint density at radius 3 is 2.81 bits per heavy atom. The summed E-state index contributed by atoms with van der Waals surface area (Å²) in [5.74, 6) is -0.291. The van der Waals surface area contributed by atoms with Crippen molar-refractivity contribution in [2.45, 2.75) is 39.0 Å². The van der Waals surface area contributed by atoms with E-state index in [2.05, 4.69) is 22.5 Å². The third-order valence-electron chi connectivity index (χ3n) is 4.02. The number of nitrogens with one attached hydrogen (secondary N) is 2. The fraction of sp³-hybridized carbons (Fsp3) is 0.867. The molecule has 6 heteroatoms. The summed E-state index contributed by atoms with van der Waals surface area (Å²) in [4.78, 5) is 24.6. The number of rotatable bonds is 9. The molecular formula is C15H29N3O3. The Labute approximate surface area is 127 Å². The maximum atomic E-state index is 11.9. The second kappa shape index (κ2) is 10.6. The van der Waals surface area contributed by atoms with Crippen LogP contribution >= 0.6 is 0 Å². The first-order chi connectivity index (χ1) is 10.1. The van der Waals surface area contributed by atoms with E-state index < -0.39 is 5.97 Å². The van der Waals surface area contributed by atoms with Crippen molar-refractivity contribution in [2.75, 3.05) is 39.3 Å². The van der Waals surface area contributed by atoms with Gasteiger partial charge in [0, 0.05) is 26.1 Å². The first-order valence-electron chi connectivity index (χ1n) is 8.03. The SMILES string of the molecule is CCC(CCNC(=O)CN1CCCNCC1)CCC(=O)O. The van der Waals surface area contributed by atoms with E-state index in [4.69, 9.17) is 5.11 Å². The van der Waals surface area contributed by atoms with Gasteiger partial charge in [-0.15, -0.1) is 0 Å². The molecule has 122 valence electrons. The molecule has 1 aliphatic heterocycles. The van der Waals surface area contributed by atoms with Crippen molar-refractivity contribution in [1.29, 1.82) is 0 Å². The first kappa shape index (κ1) is 17.9. The van der Waals surface area contributed by atoms with Gasteiger partial charge < -0.3 is 15.7 Å². The molecule has 21 heavy (non-hydrogen) atoms. The van der Waals surface area contributed by atoms with Crippen LogP contribution in [-0.2, 0) is 9.59 Å². The molecule has 1 unspecified atom stereocenters. The molecule has 1 aliphatic rings. The van der Waals surface area contributed by atoms with Crippen LogP contribution in [0.15, 0.2) is 0 Å². The Morgan fingerprint density at radius 1 is 1.29 bits per heavy atom. The Kier molecular flexibility index (Phi) is 9.01. The lowest BCUT2D eigenvalue weighted by molar-refractivity contribution is -0.137. The van der Waals surface area contributed by atoms with Gasteiger partial charge in [-0.3, -0.25) is 14.5 Å². The highest BCUT2D eigenvalue weighted by atomic mass is 16.4. The molecule has 1 amide bonds. The highest BCUT2D eigenvalue weighted by Gasteiger charge is 2.13. The van der Waals surface area contributed by atoms with Gasteiger partial charge in [-0.05, 0) is 38.3 Å². The van der Waals surface area contributed by atoms with E-state index in [1.54, 1.807) is 0 Å². The molecule has 0 saturated carbocycles. The Balaban J connectivity index is 2.14. The van der Waals surface area contributed by atoms with E-state index >= 15 is 0 Å². The van der Waals surface area contributed by atoms with Crippen molar-refractivity contribution in [3.05, 3.63) is 0 Å². The fourth-order valence-corrected chi connectivity index (χ4v) is 2.61. The van der Waals surface area contributed by atoms with Gasteiger partial charge in [0.25, 0.3) is 0 Å². The third-order valence-corrected chi connectivity index (χ3v) is 4.02. The van der Waals surface area contributed by atoms with Crippen LogP contribution in [0.1, 0.15) is 39.0 Å². The molecule has 1 saturated heterocycles. The smallest absolute Gasteiger partial charge is 0.303 e. The predicted molar refractivity (Wildman–Crippen MR) is 82.2 cm³/mol. The number of amides is 1. The number of carboxylic acids is 1. The molecule has 1 heterocycles. The number of carbonyl (C=O) groups excluding carboxylic acids is 1. The molecule has 1 atom stereocenters. The van der Waals surface area contributed by atoms with Crippen LogP contribution in [0.3, 0.4) is 0 Å². The van der Waals surface area contributed by atoms with Crippen molar-refractivity contribution in [3.8, 4) is 0 Å². The number of nitrogens with zero attached hydrogens (tertiary/aromatic N) is 1.